The third kappa shape index (κ3) is 2.30. The summed E-state index contributed by atoms with van der Waals surface area (Å²) in [5.74, 6) is 1.75. The zero-order valence-electron chi connectivity index (χ0n) is 11.1. The zero-order chi connectivity index (χ0) is 12.8. The summed E-state index contributed by atoms with van der Waals surface area (Å²) in [7, 11) is 0. The maximum atomic E-state index is 6.19. The van der Waals surface area contributed by atoms with Crippen LogP contribution in [0.15, 0.2) is 16.6 Å². The number of halogens is 1. The molecule has 2 aliphatic rings. The van der Waals surface area contributed by atoms with Crippen LogP contribution in [0, 0.1) is 0 Å². The Morgan fingerprint density at radius 3 is 2.94 bits per heavy atom. The Balaban J connectivity index is 2.00. The van der Waals surface area contributed by atoms with E-state index in [0.717, 1.165) is 25.3 Å². The van der Waals surface area contributed by atoms with Gasteiger partial charge in [-0.1, -0.05) is 15.9 Å². The largest absolute Gasteiger partial charge is 0.487 e. The highest BCUT2D eigenvalue weighted by atomic mass is 79.9. The van der Waals surface area contributed by atoms with Crippen LogP contribution < -0.4 is 10.1 Å². The van der Waals surface area contributed by atoms with Crippen molar-refractivity contribution in [1.29, 1.82) is 0 Å². The van der Waals surface area contributed by atoms with Crippen LogP contribution in [0.25, 0.3) is 0 Å². The maximum Gasteiger partial charge on any atom is 0.127 e. The summed E-state index contributed by atoms with van der Waals surface area (Å²) < 4.78 is 7.37. The van der Waals surface area contributed by atoms with Crippen LogP contribution in [0.5, 0.6) is 5.75 Å². The highest BCUT2D eigenvalue weighted by Crippen LogP contribution is 2.43. The molecule has 0 bridgehead atoms. The molecular formula is C15H20BrNO. The lowest BCUT2D eigenvalue weighted by atomic mass is 9.89. The molecule has 0 radical (unpaired) electrons. The molecule has 18 heavy (non-hydrogen) atoms. The molecular weight excluding hydrogens is 290 g/mol. The minimum Gasteiger partial charge on any atom is -0.487 e. The maximum absolute atomic E-state index is 6.19. The minimum absolute atomic E-state index is 0.0556. The van der Waals surface area contributed by atoms with Gasteiger partial charge in [-0.2, -0.15) is 0 Å². The summed E-state index contributed by atoms with van der Waals surface area (Å²) in [4.78, 5) is 0. The molecule has 2 heterocycles. The van der Waals surface area contributed by atoms with Gasteiger partial charge < -0.3 is 10.1 Å². The lowest BCUT2D eigenvalue weighted by molar-refractivity contribution is 0.136. The van der Waals surface area contributed by atoms with Gasteiger partial charge in [0.25, 0.3) is 0 Å². The first kappa shape index (κ1) is 12.5. The molecule has 3 heteroatoms. The fourth-order valence-corrected chi connectivity index (χ4v) is 3.64. The van der Waals surface area contributed by atoms with Crippen LogP contribution in [0.1, 0.15) is 43.7 Å². The number of fused-ring (bicyclic) bond motifs is 1. The highest BCUT2D eigenvalue weighted by Gasteiger charge is 2.34. The van der Waals surface area contributed by atoms with Gasteiger partial charge in [0, 0.05) is 23.4 Å². The van der Waals surface area contributed by atoms with Crippen molar-refractivity contribution in [3.8, 4) is 5.75 Å². The van der Waals surface area contributed by atoms with E-state index in [2.05, 4.69) is 47.2 Å². The summed E-state index contributed by atoms with van der Waals surface area (Å²) in [6, 6.07) is 4.46. The van der Waals surface area contributed by atoms with Crippen molar-refractivity contribution < 1.29 is 4.74 Å². The predicted molar refractivity (Wildman–Crippen MR) is 77.4 cm³/mol. The lowest BCUT2D eigenvalue weighted by Crippen LogP contribution is -2.29. The second-order valence-corrected chi connectivity index (χ2v) is 6.98. The monoisotopic (exact) mass is 309 g/mol. The van der Waals surface area contributed by atoms with Gasteiger partial charge >= 0.3 is 0 Å². The Bertz CT molecular complexity index is 464. The van der Waals surface area contributed by atoms with Crippen LogP contribution in [0.4, 0.5) is 0 Å². The van der Waals surface area contributed by atoms with Gasteiger partial charge in [-0.25, -0.2) is 0 Å². The standard InChI is InChI=1S/C15H20BrNO/c1-15(2)8-11-6-12(16)7-13(14(11)18-15)10-4-3-5-17-9-10/h6-7,10,17H,3-5,8-9H2,1-2H3. The number of piperidine rings is 1. The van der Waals surface area contributed by atoms with E-state index in [9.17, 15) is 0 Å². The van der Waals surface area contributed by atoms with E-state index in [-0.39, 0.29) is 5.60 Å². The van der Waals surface area contributed by atoms with Gasteiger partial charge in [-0.05, 0) is 56.5 Å². The zero-order valence-corrected chi connectivity index (χ0v) is 12.6. The van der Waals surface area contributed by atoms with E-state index in [1.807, 2.05) is 0 Å². The first-order valence-electron chi connectivity index (χ1n) is 6.77. The van der Waals surface area contributed by atoms with E-state index in [1.165, 1.54) is 28.4 Å². The van der Waals surface area contributed by atoms with E-state index >= 15 is 0 Å². The van der Waals surface area contributed by atoms with Crippen molar-refractivity contribution in [1.82, 2.24) is 5.32 Å². The van der Waals surface area contributed by atoms with Crippen molar-refractivity contribution in [2.45, 2.75) is 44.6 Å². The number of hydrogen-bond donors (Lipinski definition) is 1. The van der Waals surface area contributed by atoms with Crippen molar-refractivity contribution in [3.63, 3.8) is 0 Å². The van der Waals surface area contributed by atoms with Crippen molar-refractivity contribution >= 4 is 15.9 Å². The summed E-state index contributed by atoms with van der Waals surface area (Å²) in [6.45, 7) is 6.57. The molecule has 1 N–H and O–H groups in total. The number of benzene rings is 1. The number of rotatable bonds is 1. The van der Waals surface area contributed by atoms with Crippen LogP contribution in [0.3, 0.4) is 0 Å². The number of ether oxygens (including phenoxy) is 1. The van der Waals surface area contributed by atoms with E-state index in [0.29, 0.717) is 5.92 Å². The third-order valence-corrected chi connectivity index (χ3v) is 4.35. The van der Waals surface area contributed by atoms with Crippen LogP contribution >= 0.6 is 15.9 Å². The van der Waals surface area contributed by atoms with Gasteiger partial charge in [0.05, 0.1) is 0 Å². The average molecular weight is 310 g/mol. The topological polar surface area (TPSA) is 21.3 Å². The van der Waals surface area contributed by atoms with Gasteiger partial charge in [-0.3, -0.25) is 0 Å². The summed E-state index contributed by atoms with van der Waals surface area (Å²) in [6.07, 6.45) is 3.53. The molecule has 1 aromatic carbocycles. The first-order valence-corrected chi connectivity index (χ1v) is 7.56. The predicted octanol–water partition coefficient (Wildman–Crippen LogP) is 3.63. The molecule has 98 valence electrons. The molecule has 0 spiro atoms. The Morgan fingerprint density at radius 2 is 2.22 bits per heavy atom. The molecule has 1 fully saturated rings. The van der Waals surface area contributed by atoms with E-state index in [1.54, 1.807) is 0 Å². The molecule has 1 aromatic rings. The normalized spacial score (nSPS) is 25.6. The fraction of sp³-hybridized carbons (Fsp3) is 0.600. The Hall–Kier alpha value is -0.540. The average Bonchev–Trinajstić information content (AvgIpc) is 2.63. The number of hydrogen-bond acceptors (Lipinski definition) is 2. The van der Waals surface area contributed by atoms with Crippen molar-refractivity contribution in [2.75, 3.05) is 13.1 Å². The molecule has 1 unspecified atom stereocenters. The number of nitrogens with one attached hydrogen (secondary N) is 1. The molecule has 0 aliphatic carbocycles. The molecule has 0 saturated carbocycles. The molecule has 2 aliphatic heterocycles. The third-order valence-electron chi connectivity index (χ3n) is 3.89. The molecule has 1 atom stereocenters. The van der Waals surface area contributed by atoms with Gasteiger partial charge in [0.15, 0.2) is 0 Å². The molecule has 0 amide bonds. The molecule has 0 aromatic heterocycles. The summed E-state index contributed by atoms with van der Waals surface area (Å²) in [5.41, 5.74) is 2.69. The van der Waals surface area contributed by atoms with Crippen molar-refractivity contribution in [2.24, 2.45) is 0 Å². The molecule has 3 rings (SSSR count). The minimum atomic E-state index is -0.0556. The second-order valence-electron chi connectivity index (χ2n) is 6.07. The Labute approximate surface area is 117 Å². The SMILES string of the molecule is CC1(C)Cc2cc(Br)cc(C3CCCNC3)c2O1. The van der Waals surface area contributed by atoms with Crippen LogP contribution in [-0.2, 0) is 6.42 Å². The first-order chi connectivity index (χ1) is 8.55. The van der Waals surface area contributed by atoms with Gasteiger partial charge in [0.1, 0.15) is 11.4 Å². The highest BCUT2D eigenvalue weighted by molar-refractivity contribution is 9.10. The summed E-state index contributed by atoms with van der Waals surface area (Å²) in [5, 5.41) is 3.49. The Morgan fingerprint density at radius 1 is 1.39 bits per heavy atom. The van der Waals surface area contributed by atoms with Crippen LogP contribution in [0.2, 0.25) is 0 Å². The van der Waals surface area contributed by atoms with E-state index < -0.39 is 0 Å². The molecule has 2 nitrogen and oxygen atoms in total. The van der Waals surface area contributed by atoms with Crippen LogP contribution in [-0.4, -0.2) is 18.7 Å². The Kier molecular flexibility index (Phi) is 3.15. The van der Waals surface area contributed by atoms with E-state index in [4.69, 9.17) is 4.74 Å². The van der Waals surface area contributed by atoms with Gasteiger partial charge in [-0.15, -0.1) is 0 Å². The van der Waals surface area contributed by atoms with Gasteiger partial charge in [0.2, 0.25) is 0 Å². The molecule has 1 saturated heterocycles. The van der Waals surface area contributed by atoms with Crippen molar-refractivity contribution in [3.05, 3.63) is 27.7 Å². The summed E-state index contributed by atoms with van der Waals surface area (Å²) >= 11 is 3.64. The lowest BCUT2D eigenvalue weighted by Gasteiger charge is -2.26. The smallest absolute Gasteiger partial charge is 0.127 e. The second kappa shape index (κ2) is 4.53. The fourth-order valence-electron chi connectivity index (χ4n) is 3.12. The quantitative estimate of drug-likeness (QED) is 0.855.